The number of nitrogens with two attached hydrogens (primary N) is 1. The van der Waals surface area contributed by atoms with Gasteiger partial charge in [-0.3, -0.25) is 4.90 Å². The summed E-state index contributed by atoms with van der Waals surface area (Å²) in [6, 6.07) is 0.316. The topological polar surface area (TPSA) is 55.3 Å². The minimum atomic E-state index is 0.316. The zero-order valence-corrected chi connectivity index (χ0v) is 9.49. The number of hydrogen-bond acceptors (Lipinski definition) is 4. The van der Waals surface area contributed by atoms with Crippen molar-refractivity contribution in [3.05, 3.63) is 17.3 Å². The van der Waals surface area contributed by atoms with E-state index >= 15 is 0 Å². The molecule has 1 aliphatic heterocycles. The van der Waals surface area contributed by atoms with Crippen LogP contribution in [0.4, 0.5) is 0 Å². The third kappa shape index (κ3) is 2.58. The summed E-state index contributed by atoms with van der Waals surface area (Å²) in [4.78, 5) is 6.70. The molecule has 1 aromatic rings. The van der Waals surface area contributed by atoms with Crippen LogP contribution in [0.2, 0.25) is 0 Å². The second-order valence-electron chi connectivity index (χ2n) is 4.39. The number of aryl methyl sites for hydroxylation is 2. The van der Waals surface area contributed by atoms with Crippen molar-refractivity contribution in [3.63, 3.8) is 0 Å². The van der Waals surface area contributed by atoms with Crippen LogP contribution in [0.15, 0.2) is 4.42 Å². The molecule has 15 heavy (non-hydrogen) atoms. The lowest BCUT2D eigenvalue weighted by Crippen LogP contribution is -2.42. The maximum Gasteiger partial charge on any atom is 0.208 e. The monoisotopic (exact) mass is 209 g/mol. The number of likely N-dealkylation sites (tertiary alicyclic amines) is 1. The molecule has 0 aromatic carbocycles. The summed E-state index contributed by atoms with van der Waals surface area (Å²) in [6.07, 6.45) is 2.32. The average molecular weight is 209 g/mol. The number of aromatic nitrogens is 1. The van der Waals surface area contributed by atoms with Gasteiger partial charge in [-0.2, -0.15) is 0 Å². The molecule has 2 heterocycles. The first kappa shape index (κ1) is 10.6. The van der Waals surface area contributed by atoms with Crippen LogP contribution in [-0.4, -0.2) is 29.0 Å². The Bertz CT molecular complexity index is 315. The minimum absolute atomic E-state index is 0.316. The summed E-state index contributed by atoms with van der Waals surface area (Å²) in [5.41, 5.74) is 6.91. The Labute approximate surface area is 90.5 Å². The molecule has 0 aliphatic carbocycles. The summed E-state index contributed by atoms with van der Waals surface area (Å²) >= 11 is 0. The van der Waals surface area contributed by atoms with Crippen LogP contribution in [0.5, 0.6) is 0 Å². The first-order valence-corrected chi connectivity index (χ1v) is 5.56. The molecule has 1 fully saturated rings. The van der Waals surface area contributed by atoms with E-state index in [1.54, 1.807) is 0 Å². The minimum Gasteiger partial charge on any atom is -0.444 e. The molecule has 84 valence electrons. The van der Waals surface area contributed by atoms with Gasteiger partial charge in [0.15, 0.2) is 0 Å². The van der Waals surface area contributed by atoms with Gasteiger partial charge in [0.2, 0.25) is 5.89 Å². The Morgan fingerprint density at radius 2 is 2.33 bits per heavy atom. The lowest BCUT2D eigenvalue weighted by Gasteiger charge is -2.29. The van der Waals surface area contributed by atoms with Gasteiger partial charge in [0.1, 0.15) is 5.76 Å². The van der Waals surface area contributed by atoms with Crippen LogP contribution in [0.3, 0.4) is 0 Å². The summed E-state index contributed by atoms with van der Waals surface area (Å²) in [5, 5.41) is 0. The predicted octanol–water partition coefficient (Wildman–Crippen LogP) is 1.21. The Morgan fingerprint density at radius 1 is 1.53 bits per heavy atom. The van der Waals surface area contributed by atoms with E-state index in [9.17, 15) is 0 Å². The van der Waals surface area contributed by atoms with Crippen molar-refractivity contribution in [2.45, 2.75) is 39.3 Å². The molecule has 0 spiro atoms. The zero-order valence-electron chi connectivity index (χ0n) is 9.49. The summed E-state index contributed by atoms with van der Waals surface area (Å²) in [6.45, 7) is 6.79. The van der Waals surface area contributed by atoms with E-state index in [4.69, 9.17) is 10.2 Å². The molecule has 0 amide bonds. The largest absolute Gasteiger partial charge is 0.444 e. The number of hydrogen-bond donors (Lipinski definition) is 1. The number of nitrogens with zero attached hydrogens (tertiary/aromatic N) is 2. The van der Waals surface area contributed by atoms with Gasteiger partial charge in [0.25, 0.3) is 0 Å². The second kappa shape index (κ2) is 4.33. The van der Waals surface area contributed by atoms with Crippen molar-refractivity contribution in [1.82, 2.24) is 9.88 Å². The quantitative estimate of drug-likeness (QED) is 0.795. The Morgan fingerprint density at radius 3 is 2.93 bits per heavy atom. The molecule has 0 saturated carbocycles. The highest BCUT2D eigenvalue weighted by Crippen LogP contribution is 2.14. The van der Waals surface area contributed by atoms with Crippen LogP contribution in [0.25, 0.3) is 0 Å². The van der Waals surface area contributed by atoms with Crippen LogP contribution >= 0.6 is 0 Å². The van der Waals surface area contributed by atoms with Gasteiger partial charge in [-0.05, 0) is 33.2 Å². The number of oxazole rings is 1. The average Bonchev–Trinajstić information content (AvgIpc) is 2.45. The third-order valence-electron chi connectivity index (χ3n) is 2.97. The fourth-order valence-electron chi connectivity index (χ4n) is 2.03. The van der Waals surface area contributed by atoms with Crippen molar-refractivity contribution in [3.8, 4) is 0 Å². The Hall–Kier alpha value is -0.870. The van der Waals surface area contributed by atoms with E-state index in [1.165, 1.54) is 6.42 Å². The highest BCUT2D eigenvalue weighted by molar-refractivity contribution is 5.05. The fraction of sp³-hybridized carbons (Fsp3) is 0.727. The highest BCUT2D eigenvalue weighted by atomic mass is 16.4. The normalized spacial score (nSPS) is 23.3. The predicted molar refractivity (Wildman–Crippen MR) is 58.5 cm³/mol. The molecule has 1 aliphatic rings. The van der Waals surface area contributed by atoms with Crippen LogP contribution in [0, 0.1) is 13.8 Å². The molecule has 2 N–H and O–H groups in total. The summed E-state index contributed by atoms with van der Waals surface area (Å²) < 4.78 is 5.56. The van der Waals surface area contributed by atoms with Gasteiger partial charge in [-0.25, -0.2) is 4.98 Å². The van der Waals surface area contributed by atoms with Crippen LogP contribution in [0.1, 0.15) is 30.2 Å². The molecular formula is C11H19N3O. The van der Waals surface area contributed by atoms with E-state index in [0.29, 0.717) is 6.04 Å². The van der Waals surface area contributed by atoms with Crippen molar-refractivity contribution in [1.29, 1.82) is 0 Å². The molecule has 0 bridgehead atoms. The molecule has 2 rings (SSSR count). The number of rotatable bonds is 2. The number of piperidine rings is 1. The van der Waals surface area contributed by atoms with Crippen molar-refractivity contribution < 1.29 is 4.42 Å². The maximum absolute atomic E-state index is 5.92. The van der Waals surface area contributed by atoms with Crippen LogP contribution < -0.4 is 5.73 Å². The Balaban J connectivity index is 1.96. The van der Waals surface area contributed by atoms with Gasteiger partial charge < -0.3 is 10.2 Å². The molecule has 0 radical (unpaired) electrons. The molecule has 4 heteroatoms. The van der Waals surface area contributed by atoms with E-state index in [0.717, 1.165) is 43.4 Å². The van der Waals surface area contributed by atoms with Crippen molar-refractivity contribution in [2.24, 2.45) is 5.73 Å². The standard InChI is InChI=1S/C11H19N3O/c1-8-9(2)15-11(13-8)7-14-5-3-4-10(12)6-14/h10H,3-7,12H2,1-2H3. The van der Waals surface area contributed by atoms with Gasteiger partial charge in [0.05, 0.1) is 12.2 Å². The molecule has 1 saturated heterocycles. The lowest BCUT2D eigenvalue weighted by molar-refractivity contribution is 0.184. The van der Waals surface area contributed by atoms with E-state index in [2.05, 4.69) is 9.88 Å². The maximum atomic E-state index is 5.92. The zero-order chi connectivity index (χ0) is 10.8. The van der Waals surface area contributed by atoms with Gasteiger partial charge >= 0.3 is 0 Å². The van der Waals surface area contributed by atoms with E-state index < -0.39 is 0 Å². The smallest absolute Gasteiger partial charge is 0.208 e. The third-order valence-corrected chi connectivity index (χ3v) is 2.97. The van der Waals surface area contributed by atoms with Gasteiger partial charge in [-0.1, -0.05) is 0 Å². The lowest BCUT2D eigenvalue weighted by atomic mass is 10.1. The first-order chi connectivity index (χ1) is 7.15. The SMILES string of the molecule is Cc1nc(CN2CCCC(N)C2)oc1C. The molecule has 1 atom stereocenters. The molecule has 1 aromatic heterocycles. The van der Waals surface area contributed by atoms with Gasteiger partial charge in [0, 0.05) is 12.6 Å². The summed E-state index contributed by atoms with van der Waals surface area (Å²) in [7, 11) is 0. The van der Waals surface area contributed by atoms with E-state index in [-0.39, 0.29) is 0 Å². The fourth-order valence-corrected chi connectivity index (χ4v) is 2.03. The summed E-state index contributed by atoms with van der Waals surface area (Å²) in [5.74, 6) is 1.74. The molecule has 1 unspecified atom stereocenters. The van der Waals surface area contributed by atoms with Crippen molar-refractivity contribution >= 4 is 0 Å². The Kier molecular flexibility index (Phi) is 3.07. The highest BCUT2D eigenvalue weighted by Gasteiger charge is 2.18. The molecule has 4 nitrogen and oxygen atoms in total. The van der Waals surface area contributed by atoms with Crippen LogP contribution in [-0.2, 0) is 6.54 Å². The first-order valence-electron chi connectivity index (χ1n) is 5.56. The second-order valence-corrected chi connectivity index (χ2v) is 4.39. The molecular weight excluding hydrogens is 190 g/mol. The van der Waals surface area contributed by atoms with Gasteiger partial charge in [-0.15, -0.1) is 0 Å². The van der Waals surface area contributed by atoms with E-state index in [1.807, 2.05) is 13.8 Å². The van der Waals surface area contributed by atoms with Crippen molar-refractivity contribution in [2.75, 3.05) is 13.1 Å².